The van der Waals surface area contributed by atoms with Crippen LogP contribution in [0.15, 0.2) is 65.6 Å². The summed E-state index contributed by atoms with van der Waals surface area (Å²) in [6, 6.07) is 9.74. The van der Waals surface area contributed by atoms with Crippen LogP contribution in [-0.4, -0.2) is 47.9 Å². The molecule has 1 heterocycles. The molecule has 2 atom stereocenters. The first-order chi connectivity index (χ1) is 13.4. The zero-order valence-electron chi connectivity index (χ0n) is 16.3. The zero-order valence-corrected chi connectivity index (χ0v) is 17.9. The van der Waals surface area contributed by atoms with Gasteiger partial charge in [-0.3, -0.25) is 9.14 Å². The number of benzene rings is 1. The van der Waals surface area contributed by atoms with E-state index in [1.807, 2.05) is 45.2 Å². The second-order valence-electron chi connectivity index (χ2n) is 7.65. The lowest BCUT2D eigenvalue weighted by molar-refractivity contribution is -0.139. The average molecular weight is 442 g/mol. The number of hydrogen-bond acceptors (Lipinski definition) is 2. The molecule has 1 N–H and O–H groups in total. The van der Waals surface area contributed by atoms with Gasteiger partial charge in [-0.05, 0) is 43.2 Å². The Kier molecular flexibility index (Phi) is 5.95. The first-order valence-corrected chi connectivity index (χ1v) is 10.0. The molecule has 0 unspecified atom stereocenters. The summed E-state index contributed by atoms with van der Waals surface area (Å²) in [6.07, 6.45) is 5.48. The molecule has 1 aromatic rings. The van der Waals surface area contributed by atoms with Gasteiger partial charge in [0.15, 0.2) is 0 Å². The minimum absolute atomic E-state index is 0.0131. The van der Waals surface area contributed by atoms with Gasteiger partial charge in [0.05, 0.1) is 27.6 Å². The van der Waals surface area contributed by atoms with Crippen molar-refractivity contribution in [2.24, 2.45) is 5.41 Å². The maximum Gasteiger partial charge on any atom is 0.327 e. The molecule has 6 heteroatoms. The summed E-state index contributed by atoms with van der Waals surface area (Å²) in [7, 11) is 1.83. The Morgan fingerprint density at radius 3 is 2.54 bits per heavy atom. The number of carbonyl (C=O) groups is 2. The largest absolute Gasteiger partial charge is 0.340 e. The summed E-state index contributed by atoms with van der Waals surface area (Å²) in [4.78, 5) is 29.2. The Morgan fingerprint density at radius 1 is 1.21 bits per heavy atom. The third kappa shape index (κ3) is 3.85. The fraction of sp³-hybridized carbons (Fsp3) is 0.364. The average Bonchev–Trinajstić information content (AvgIpc) is 3.18. The van der Waals surface area contributed by atoms with Gasteiger partial charge in [-0.2, -0.15) is 0 Å². The number of nitrogens with one attached hydrogen (secondary N) is 1. The molecule has 1 fully saturated rings. The number of likely N-dealkylation sites (N-methyl/N-ethyl adjacent to an activating group) is 1. The Labute approximate surface area is 174 Å². The number of hydrogen-bond donors (Lipinski definition) is 1. The van der Waals surface area contributed by atoms with Gasteiger partial charge in [0, 0.05) is 26.1 Å². The lowest BCUT2D eigenvalue weighted by atomic mass is 9.81. The van der Waals surface area contributed by atoms with E-state index in [1.54, 1.807) is 22.0 Å². The molecular formula is C22H24BrN3O2. The van der Waals surface area contributed by atoms with Crippen LogP contribution in [0, 0.1) is 5.41 Å². The number of allylic oxidation sites excluding steroid dienone is 3. The SMILES string of the molecule is CN(C(=O)C(C)(C)C1=CC=C=C=C1)[C@@H]1CN(C(=O)NBr)C[C@H]1c1ccccc1. The minimum atomic E-state index is -0.702. The van der Waals surface area contributed by atoms with Crippen molar-refractivity contribution in [2.45, 2.75) is 25.8 Å². The third-order valence-electron chi connectivity index (χ3n) is 5.62. The molecule has 1 aliphatic carbocycles. The van der Waals surface area contributed by atoms with E-state index in [2.05, 4.69) is 44.1 Å². The van der Waals surface area contributed by atoms with E-state index in [1.165, 1.54) is 0 Å². The summed E-state index contributed by atoms with van der Waals surface area (Å²) in [6.45, 7) is 4.87. The molecule has 0 radical (unpaired) electrons. The Balaban J connectivity index is 1.88. The summed E-state index contributed by atoms with van der Waals surface area (Å²) in [5.74, 6) is 0.0607. The molecule has 28 heavy (non-hydrogen) atoms. The molecule has 1 aromatic carbocycles. The highest BCUT2D eigenvalue weighted by molar-refractivity contribution is 9.08. The highest BCUT2D eigenvalue weighted by Crippen LogP contribution is 2.36. The van der Waals surface area contributed by atoms with Gasteiger partial charge in [0.25, 0.3) is 0 Å². The van der Waals surface area contributed by atoms with Gasteiger partial charge in [0.2, 0.25) is 5.91 Å². The van der Waals surface area contributed by atoms with E-state index in [9.17, 15) is 9.59 Å². The Bertz CT molecular complexity index is 894. The number of urea groups is 1. The molecule has 0 spiro atoms. The van der Waals surface area contributed by atoms with Crippen LogP contribution >= 0.6 is 16.1 Å². The molecule has 2 aliphatic rings. The van der Waals surface area contributed by atoms with Crippen molar-refractivity contribution in [2.75, 3.05) is 20.1 Å². The molecule has 5 nitrogen and oxygen atoms in total. The lowest BCUT2D eigenvalue weighted by Crippen LogP contribution is -2.48. The topological polar surface area (TPSA) is 52.7 Å². The maximum atomic E-state index is 13.4. The van der Waals surface area contributed by atoms with Gasteiger partial charge >= 0.3 is 6.03 Å². The molecule has 3 rings (SSSR count). The van der Waals surface area contributed by atoms with Crippen molar-refractivity contribution in [3.05, 3.63) is 71.2 Å². The van der Waals surface area contributed by atoms with Crippen molar-refractivity contribution < 1.29 is 9.59 Å². The first kappa shape index (κ1) is 20.2. The standard InChI is InChI=1S/C22H24BrN3O2/c1-22(2,17-12-8-5-9-13-17)20(27)25(3)19-15-26(21(28)24-23)14-18(19)16-10-6-4-7-11-16/h4,6-8,10-13,18-19H,14-15H2,1-3H3,(H,24,28)/t18-,19+/m0/s1. The highest BCUT2D eigenvalue weighted by atomic mass is 79.9. The minimum Gasteiger partial charge on any atom is -0.340 e. The van der Waals surface area contributed by atoms with E-state index >= 15 is 0 Å². The molecule has 0 bridgehead atoms. The number of amides is 3. The summed E-state index contributed by atoms with van der Waals surface area (Å²) < 4.78 is 2.51. The van der Waals surface area contributed by atoms with Crippen LogP contribution < -0.4 is 4.34 Å². The molecule has 0 aromatic heterocycles. The van der Waals surface area contributed by atoms with E-state index in [0.29, 0.717) is 13.1 Å². The number of carbonyl (C=O) groups excluding carboxylic acids is 2. The predicted molar refractivity (Wildman–Crippen MR) is 113 cm³/mol. The van der Waals surface area contributed by atoms with E-state index in [0.717, 1.165) is 11.1 Å². The summed E-state index contributed by atoms with van der Waals surface area (Å²) in [5, 5.41) is 0. The van der Waals surface area contributed by atoms with Crippen molar-refractivity contribution >= 4 is 28.1 Å². The first-order valence-electron chi connectivity index (χ1n) is 9.22. The number of nitrogens with zero attached hydrogens (tertiary/aromatic N) is 2. The van der Waals surface area contributed by atoms with Gasteiger partial charge < -0.3 is 9.80 Å². The second-order valence-corrected chi connectivity index (χ2v) is 8.05. The molecule has 3 amide bonds. The quantitative estimate of drug-likeness (QED) is 0.570. The van der Waals surface area contributed by atoms with Gasteiger partial charge in [-0.1, -0.05) is 41.8 Å². The van der Waals surface area contributed by atoms with Crippen LogP contribution in [-0.2, 0) is 4.79 Å². The van der Waals surface area contributed by atoms with Crippen molar-refractivity contribution in [1.82, 2.24) is 14.1 Å². The van der Waals surface area contributed by atoms with E-state index in [4.69, 9.17) is 0 Å². The predicted octanol–water partition coefficient (Wildman–Crippen LogP) is 3.76. The fourth-order valence-electron chi connectivity index (χ4n) is 3.88. The summed E-state index contributed by atoms with van der Waals surface area (Å²) in [5.41, 5.74) is 7.13. The number of halogens is 1. The van der Waals surface area contributed by atoms with Crippen LogP contribution in [0.3, 0.4) is 0 Å². The zero-order chi connectivity index (χ0) is 20.3. The smallest absolute Gasteiger partial charge is 0.327 e. The van der Waals surface area contributed by atoms with Gasteiger partial charge in [0.1, 0.15) is 0 Å². The second kappa shape index (κ2) is 8.24. The lowest BCUT2D eigenvalue weighted by Gasteiger charge is -2.36. The van der Waals surface area contributed by atoms with E-state index < -0.39 is 5.41 Å². The van der Waals surface area contributed by atoms with Crippen LogP contribution in [0.5, 0.6) is 0 Å². The molecule has 1 aliphatic heterocycles. The van der Waals surface area contributed by atoms with E-state index in [-0.39, 0.29) is 23.9 Å². The van der Waals surface area contributed by atoms with Gasteiger partial charge in [-0.25, -0.2) is 4.79 Å². The maximum absolute atomic E-state index is 13.4. The van der Waals surface area contributed by atoms with Crippen LogP contribution in [0.4, 0.5) is 4.79 Å². The van der Waals surface area contributed by atoms with Crippen molar-refractivity contribution in [3.63, 3.8) is 0 Å². The van der Waals surface area contributed by atoms with Gasteiger partial charge in [-0.15, -0.1) is 0 Å². The monoisotopic (exact) mass is 441 g/mol. The third-order valence-corrected chi connectivity index (χ3v) is 5.96. The highest BCUT2D eigenvalue weighted by Gasteiger charge is 2.43. The molecule has 146 valence electrons. The van der Waals surface area contributed by atoms with Crippen LogP contribution in [0.1, 0.15) is 25.3 Å². The normalized spacial score (nSPS) is 20.9. The molecular weight excluding hydrogens is 418 g/mol. The number of likely N-dealkylation sites (tertiary alicyclic amines) is 1. The van der Waals surface area contributed by atoms with Crippen LogP contribution in [0.25, 0.3) is 0 Å². The Hall–Kier alpha value is -2.52. The molecule has 1 saturated heterocycles. The molecule has 0 saturated carbocycles. The summed E-state index contributed by atoms with van der Waals surface area (Å²) >= 11 is 3.02. The Morgan fingerprint density at radius 2 is 1.93 bits per heavy atom. The van der Waals surface area contributed by atoms with Crippen LogP contribution in [0.2, 0.25) is 0 Å². The van der Waals surface area contributed by atoms with Crippen molar-refractivity contribution in [1.29, 1.82) is 0 Å². The fourth-order valence-corrected chi connectivity index (χ4v) is 4.13. The number of rotatable bonds is 4. The van der Waals surface area contributed by atoms with Crippen molar-refractivity contribution in [3.8, 4) is 0 Å².